The van der Waals surface area contributed by atoms with Gasteiger partial charge in [0.1, 0.15) is 17.7 Å². The number of likely N-dealkylation sites (N-methyl/N-ethyl adjacent to an activating group) is 1. The van der Waals surface area contributed by atoms with Gasteiger partial charge in [-0.05, 0) is 55.9 Å². The standard InChI is InChI=1S/C18H22N4/c1-21-6-8-22(9-7-21)18-5-4-14-2-3-15(10-16(14)11-18)17(12-19)13-20/h10-11,14H,2-9H2,1H3/t14-/m1/s1. The minimum Gasteiger partial charge on any atom is -0.372 e. The summed E-state index contributed by atoms with van der Waals surface area (Å²) in [7, 11) is 2.18. The van der Waals surface area contributed by atoms with Crippen molar-refractivity contribution >= 4 is 0 Å². The number of hydrogen-bond donors (Lipinski definition) is 0. The molecule has 0 bridgehead atoms. The highest BCUT2D eigenvalue weighted by molar-refractivity contribution is 5.49. The molecule has 0 unspecified atom stereocenters. The molecule has 114 valence electrons. The molecule has 0 aromatic rings. The lowest BCUT2D eigenvalue weighted by Gasteiger charge is -2.39. The monoisotopic (exact) mass is 294 g/mol. The lowest BCUT2D eigenvalue weighted by Crippen LogP contribution is -2.44. The van der Waals surface area contributed by atoms with E-state index in [0.717, 1.165) is 51.0 Å². The van der Waals surface area contributed by atoms with Crippen molar-refractivity contribution in [2.45, 2.75) is 25.7 Å². The van der Waals surface area contributed by atoms with E-state index in [2.05, 4.69) is 29.0 Å². The van der Waals surface area contributed by atoms with Crippen molar-refractivity contribution in [3.05, 3.63) is 34.6 Å². The summed E-state index contributed by atoms with van der Waals surface area (Å²) in [5.74, 6) is 0.610. The second kappa shape index (κ2) is 6.38. The van der Waals surface area contributed by atoms with Crippen LogP contribution in [-0.2, 0) is 0 Å². The van der Waals surface area contributed by atoms with Crippen LogP contribution in [0.5, 0.6) is 0 Å². The van der Waals surface area contributed by atoms with Gasteiger partial charge in [0.05, 0.1) is 0 Å². The van der Waals surface area contributed by atoms with Gasteiger partial charge in [-0.2, -0.15) is 10.5 Å². The summed E-state index contributed by atoms with van der Waals surface area (Å²) < 4.78 is 0. The SMILES string of the molecule is CN1CCN(C2=CC3=CC(=C(C#N)C#N)CC[C@@H]3CC2)CC1. The Labute approximate surface area is 132 Å². The number of rotatable bonds is 1. The first-order chi connectivity index (χ1) is 10.7. The topological polar surface area (TPSA) is 54.1 Å². The van der Waals surface area contributed by atoms with Gasteiger partial charge >= 0.3 is 0 Å². The molecule has 1 atom stereocenters. The summed E-state index contributed by atoms with van der Waals surface area (Å²) in [5, 5.41) is 18.1. The molecule has 4 nitrogen and oxygen atoms in total. The average molecular weight is 294 g/mol. The van der Waals surface area contributed by atoms with Gasteiger partial charge in [-0.1, -0.05) is 6.08 Å². The van der Waals surface area contributed by atoms with Crippen LogP contribution < -0.4 is 0 Å². The van der Waals surface area contributed by atoms with Crippen molar-refractivity contribution in [1.82, 2.24) is 9.80 Å². The maximum Gasteiger partial charge on any atom is 0.132 e. The molecule has 0 amide bonds. The zero-order valence-electron chi connectivity index (χ0n) is 13.2. The van der Waals surface area contributed by atoms with E-state index < -0.39 is 0 Å². The number of nitriles is 2. The first kappa shape index (κ1) is 14.9. The van der Waals surface area contributed by atoms with Crippen molar-refractivity contribution in [3.8, 4) is 12.1 Å². The molecule has 2 aliphatic carbocycles. The van der Waals surface area contributed by atoms with Crippen LogP contribution in [0.1, 0.15) is 25.7 Å². The van der Waals surface area contributed by atoms with Crippen LogP contribution in [0.15, 0.2) is 34.6 Å². The van der Waals surface area contributed by atoms with E-state index in [4.69, 9.17) is 10.5 Å². The summed E-state index contributed by atoms with van der Waals surface area (Å²) in [6, 6.07) is 4.07. The molecule has 3 rings (SSSR count). The Kier molecular flexibility index (Phi) is 4.32. The van der Waals surface area contributed by atoms with Gasteiger partial charge in [-0.15, -0.1) is 0 Å². The van der Waals surface area contributed by atoms with Crippen LogP contribution >= 0.6 is 0 Å². The van der Waals surface area contributed by atoms with E-state index in [1.807, 2.05) is 12.1 Å². The lowest BCUT2D eigenvalue weighted by molar-refractivity contribution is 0.179. The zero-order chi connectivity index (χ0) is 15.5. The molecule has 1 aliphatic heterocycles. The fraction of sp³-hybridized carbons (Fsp3) is 0.556. The first-order valence-corrected chi connectivity index (χ1v) is 8.10. The number of hydrogen-bond acceptors (Lipinski definition) is 4. The molecule has 0 N–H and O–H groups in total. The third-order valence-electron chi connectivity index (χ3n) is 5.11. The summed E-state index contributed by atoms with van der Waals surface area (Å²) in [5.41, 5.74) is 3.97. The average Bonchev–Trinajstić information content (AvgIpc) is 2.56. The molecule has 0 radical (unpaired) electrons. The Morgan fingerprint density at radius 1 is 1.05 bits per heavy atom. The molecule has 0 aromatic heterocycles. The van der Waals surface area contributed by atoms with E-state index in [9.17, 15) is 0 Å². The van der Waals surface area contributed by atoms with Gasteiger partial charge in [-0.3, -0.25) is 0 Å². The zero-order valence-corrected chi connectivity index (χ0v) is 13.2. The number of nitrogens with zero attached hydrogens (tertiary/aromatic N) is 4. The van der Waals surface area contributed by atoms with Gasteiger partial charge in [0.25, 0.3) is 0 Å². The van der Waals surface area contributed by atoms with Gasteiger partial charge < -0.3 is 9.80 Å². The Hall–Kier alpha value is -2.04. The maximum atomic E-state index is 9.07. The van der Waals surface area contributed by atoms with Gasteiger partial charge in [0.15, 0.2) is 0 Å². The Morgan fingerprint density at radius 2 is 1.73 bits per heavy atom. The number of piperazine rings is 1. The van der Waals surface area contributed by atoms with Gasteiger partial charge in [0, 0.05) is 31.9 Å². The molecule has 1 saturated heterocycles. The van der Waals surface area contributed by atoms with Crippen molar-refractivity contribution in [3.63, 3.8) is 0 Å². The molecule has 1 fully saturated rings. The van der Waals surface area contributed by atoms with E-state index in [-0.39, 0.29) is 5.57 Å². The molecule has 0 aromatic carbocycles. The van der Waals surface area contributed by atoms with Crippen molar-refractivity contribution in [2.24, 2.45) is 5.92 Å². The fourth-order valence-corrected chi connectivity index (χ4v) is 3.65. The molecule has 1 heterocycles. The smallest absolute Gasteiger partial charge is 0.132 e. The van der Waals surface area contributed by atoms with Crippen molar-refractivity contribution < 1.29 is 0 Å². The Balaban J connectivity index is 1.85. The summed E-state index contributed by atoms with van der Waals surface area (Å²) in [6.45, 7) is 4.45. The second-order valence-corrected chi connectivity index (χ2v) is 6.47. The van der Waals surface area contributed by atoms with Crippen LogP contribution in [0.25, 0.3) is 0 Å². The summed E-state index contributed by atoms with van der Waals surface area (Å²) in [4.78, 5) is 4.88. The van der Waals surface area contributed by atoms with Crippen LogP contribution in [0.3, 0.4) is 0 Å². The quantitative estimate of drug-likeness (QED) is 0.698. The largest absolute Gasteiger partial charge is 0.372 e. The normalized spacial score (nSPS) is 25.5. The van der Waals surface area contributed by atoms with Crippen LogP contribution in [-0.4, -0.2) is 43.0 Å². The number of fused-ring (bicyclic) bond motifs is 1. The van der Waals surface area contributed by atoms with Crippen molar-refractivity contribution in [1.29, 1.82) is 10.5 Å². The predicted molar refractivity (Wildman–Crippen MR) is 85.4 cm³/mol. The molecular formula is C18H22N4. The third-order valence-corrected chi connectivity index (χ3v) is 5.11. The third kappa shape index (κ3) is 2.93. The molecule has 4 heteroatoms. The minimum absolute atomic E-state index is 0.283. The molecule has 3 aliphatic rings. The highest BCUT2D eigenvalue weighted by atomic mass is 15.2. The Bertz CT molecular complexity index is 602. The number of allylic oxidation sites excluding steroid dienone is 6. The first-order valence-electron chi connectivity index (χ1n) is 8.10. The highest BCUT2D eigenvalue weighted by Crippen LogP contribution is 2.38. The summed E-state index contributed by atoms with van der Waals surface area (Å²) in [6.07, 6.45) is 8.72. The predicted octanol–water partition coefficient (Wildman–Crippen LogP) is 2.59. The second-order valence-electron chi connectivity index (χ2n) is 6.47. The molecule has 22 heavy (non-hydrogen) atoms. The van der Waals surface area contributed by atoms with E-state index in [0.29, 0.717) is 5.92 Å². The summed E-state index contributed by atoms with van der Waals surface area (Å²) >= 11 is 0. The molecule has 0 saturated carbocycles. The lowest BCUT2D eigenvalue weighted by atomic mass is 9.77. The van der Waals surface area contributed by atoms with Crippen LogP contribution in [0, 0.1) is 28.6 Å². The van der Waals surface area contributed by atoms with Gasteiger partial charge in [0.2, 0.25) is 0 Å². The maximum absolute atomic E-state index is 9.07. The fourth-order valence-electron chi connectivity index (χ4n) is 3.65. The van der Waals surface area contributed by atoms with E-state index in [1.54, 1.807) is 0 Å². The minimum atomic E-state index is 0.283. The van der Waals surface area contributed by atoms with Crippen LogP contribution in [0.2, 0.25) is 0 Å². The van der Waals surface area contributed by atoms with Gasteiger partial charge in [-0.25, -0.2) is 0 Å². The van der Waals surface area contributed by atoms with E-state index in [1.165, 1.54) is 17.7 Å². The highest BCUT2D eigenvalue weighted by Gasteiger charge is 2.26. The van der Waals surface area contributed by atoms with Crippen molar-refractivity contribution in [2.75, 3.05) is 33.2 Å². The molecular weight excluding hydrogens is 272 g/mol. The molecule has 0 spiro atoms. The van der Waals surface area contributed by atoms with E-state index >= 15 is 0 Å². The Morgan fingerprint density at radius 3 is 2.41 bits per heavy atom. The van der Waals surface area contributed by atoms with Crippen LogP contribution in [0.4, 0.5) is 0 Å².